The molecule has 4 rings (SSSR count). The lowest BCUT2D eigenvalue weighted by molar-refractivity contribution is 0.0692. The molecule has 0 N–H and O–H groups in total. The number of carbonyl (C=O) groups is 1. The molecule has 0 radical (unpaired) electrons. The van der Waals surface area contributed by atoms with Crippen LogP contribution in [-0.4, -0.2) is 59.1 Å². The number of piperazine rings is 1. The molecule has 0 saturated carbocycles. The third-order valence-electron chi connectivity index (χ3n) is 4.89. The van der Waals surface area contributed by atoms with Gasteiger partial charge in [0.1, 0.15) is 11.3 Å². The lowest BCUT2D eigenvalue weighted by atomic mass is 10.3. The number of nitrogens with zero attached hydrogens (tertiary/aromatic N) is 4. The van der Waals surface area contributed by atoms with Crippen molar-refractivity contribution in [1.82, 2.24) is 18.6 Å². The fourth-order valence-corrected chi connectivity index (χ4v) is 4.70. The van der Waals surface area contributed by atoms with E-state index in [9.17, 15) is 22.0 Å². The lowest BCUT2D eigenvalue weighted by Crippen LogP contribution is -2.50. The largest absolute Gasteiger partial charge is 0.335 e. The summed E-state index contributed by atoms with van der Waals surface area (Å²) in [5, 5.41) is 0. The van der Waals surface area contributed by atoms with E-state index in [2.05, 4.69) is 4.98 Å². The average molecular weight is 420 g/mol. The highest BCUT2D eigenvalue weighted by molar-refractivity contribution is 7.89. The zero-order chi connectivity index (χ0) is 20.8. The molecule has 1 amide bonds. The standard InChI is InChI=1S/C19H18F2N4O3S/c1-13-4-5-24-12-17(22-18(24)10-13)19(26)23-6-8-25(9-7-23)29(27,28)14-2-3-15(20)16(21)11-14/h2-5,10-12H,6-9H2,1H3. The highest BCUT2D eigenvalue weighted by Gasteiger charge is 2.31. The molecule has 1 saturated heterocycles. The van der Waals surface area contributed by atoms with Crippen molar-refractivity contribution in [2.75, 3.05) is 26.2 Å². The Kier molecular flexibility index (Phi) is 4.83. The molecule has 0 spiro atoms. The molecular formula is C19H18F2N4O3S. The maximum absolute atomic E-state index is 13.4. The Bertz CT molecular complexity index is 1200. The van der Waals surface area contributed by atoms with Gasteiger partial charge < -0.3 is 9.30 Å². The van der Waals surface area contributed by atoms with Crippen LogP contribution in [0.1, 0.15) is 16.1 Å². The van der Waals surface area contributed by atoms with E-state index in [1.807, 2.05) is 25.3 Å². The van der Waals surface area contributed by atoms with Crippen LogP contribution < -0.4 is 0 Å². The summed E-state index contributed by atoms with van der Waals surface area (Å²) in [6, 6.07) is 6.26. The number of benzene rings is 1. The van der Waals surface area contributed by atoms with E-state index in [0.29, 0.717) is 11.7 Å². The molecule has 7 nitrogen and oxygen atoms in total. The van der Waals surface area contributed by atoms with Crippen molar-refractivity contribution in [3.8, 4) is 0 Å². The Balaban J connectivity index is 1.48. The molecule has 0 atom stereocenters. The normalized spacial score (nSPS) is 15.8. The van der Waals surface area contributed by atoms with E-state index in [1.54, 1.807) is 10.6 Å². The Hall–Kier alpha value is -2.85. The van der Waals surface area contributed by atoms with E-state index in [-0.39, 0.29) is 42.7 Å². The average Bonchev–Trinajstić information content (AvgIpc) is 3.12. The van der Waals surface area contributed by atoms with Crippen molar-refractivity contribution >= 4 is 21.6 Å². The number of aryl methyl sites for hydroxylation is 1. The molecule has 3 heterocycles. The second-order valence-electron chi connectivity index (χ2n) is 6.87. The number of imidazole rings is 1. The van der Waals surface area contributed by atoms with E-state index in [1.165, 1.54) is 4.90 Å². The molecule has 152 valence electrons. The van der Waals surface area contributed by atoms with Crippen molar-refractivity contribution in [2.24, 2.45) is 0 Å². The predicted octanol–water partition coefficient (Wildman–Crippen LogP) is 2.07. The van der Waals surface area contributed by atoms with Crippen LogP contribution in [0.3, 0.4) is 0 Å². The fraction of sp³-hybridized carbons (Fsp3) is 0.263. The van der Waals surface area contributed by atoms with Gasteiger partial charge in [-0.1, -0.05) is 0 Å². The van der Waals surface area contributed by atoms with Crippen LogP contribution in [0.25, 0.3) is 5.65 Å². The van der Waals surface area contributed by atoms with Gasteiger partial charge in [0.2, 0.25) is 10.0 Å². The second-order valence-corrected chi connectivity index (χ2v) is 8.81. The van der Waals surface area contributed by atoms with Gasteiger partial charge in [-0.15, -0.1) is 0 Å². The van der Waals surface area contributed by atoms with Crippen LogP contribution in [0.2, 0.25) is 0 Å². The summed E-state index contributed by atoms with van der Waals surface area (Å²) in [6.07, 6.45) is 3.46. The van der Waals surface area contributed by atoms with Gasteiger partial charge in [0.25, 0.3) is 5.91 Å². The Morgan fingerprint density at radius 1 is 1.03 bits per heavy atom. The van der Waals surface area contributed by atoms with Gasteiger partial charge in [-0.2, -0.15) is 4.31 Å². The molecule has 1 fully saturated rings. The maximum atomic E-state index is 13.4. The third-order valence-corrected chi connectivity index (χ3v) is 6.78. The number of hydrogen-bond acceptors (Lipinski definition) is 4. The quantitative estimate of drug-likeness (QED) is 0.650. The summed E-state index contributed by atoms with van der Waals surface area (Å²) < 4.78 is 54.8. The zero-order valence-corrected chi connectivity index (χ0v) is 16.4. The number of hydrogen-bond donors (Lipinski definition) is 0. The zero-order valence-electron chi connectivity index (χ0n) is 15.5. The van der Waals surface area contributed by atoms with Crippen molar-refractivity contribution in [3.63, 3.8) is 0 Å². The molecule has 0 aliphatic carbocycles. The van der Waals surface area contributed by atoms with Gasteiger partial charge in [-0.3, -0.25) is 4.79 Å². The molecule has 3 aromatic rings. The smallest absolute Gasteiger partial charge is 0.274 e. The minimum atomic E-state index is -3.97. The van der Waals surface area contributed by atoms with Gasteiger partial charge in [-0.05, 0) is 42.8 Å². The molecule has 29 heavy (non-hydrogen) atoms. The number of carbonyl (C=O) groups excluding carboxylic acids is 1. The molecular weight excluding hydrogens is 402 g/mol. The van der Waals surface area contributed by atoms with E-state index in [0.717, 1.165) is 22.0 Å². The van der Waals surface area contributed by atoms with Gasteiger partial charge in [-0.25, -0.2) is 22.2 Å². The van der Waals surface area contributed by atoms with Crippen molar-refractivity contribution in [3.05, 3.63) is 65.6 Å². The SMILES string of the molecule is Cc1ccn2cc(C(=O)N3CCN(S(=O)(=O)c4ccc(F)c(F)c4)CC3)nc2c1. The van der Waals surface area contributed by atoms with Crippen molar-refractivity contribution in [1.29, 1.82) is 0 Å². The van der Waals surface area contributed by atoms with Crippen LogP contribution >= 0.6 is 0 Å². The number of sulfonamides is 1. The highest BCUT2D eigenvalue weighted by atomic mass is 32.2. The summed E-state index contributed by atoms with van der Waals surface area (Å²) in [5.74, 6) is -2.61. The van der Waals surface area contributed by atoms with Crippen molar-refractivity contribution < 1.29 is 22.0 Å². The summed E-state index contributed by atoms with van der Waals surface area (Å²) >= 11 is 0. The Morgan fingerprint density at radius 3 is 2.45 bits per heavy atom. The summed E-state index contributed by atoms with van der Waals surface area (Å²) in [4.78, 5) is 18.3. The first kappa shape index (κ1) is 19.5. The molecule has 1 aliphatic heterocycles. The minimum Gasteiger partial charge on any atom is -0.335 e. The molecule has 0 bridgehead atoms. The number of fused-ring (bicyclic) bond motifs is 1. The van der Waals surface area contributed by atoms with Crippen LogP contribution in [0.4, 0.5) is 8.78 Å². The maximum Gasteiger partial charge on any atom is 0.274 e. The number of halogens is 2. The van der Waals surface area contributed by atoms with Gasteiger partial charge in [0.15, 0.2) is 11.6 Å². The topological polar surface area (TPSA) is 75.0 Å². The number of aromatic nitrogens is 2. The molecule has 0 unspecified atom stereocenters. The molecule has 10 heteroatoms. The van der Waals surface area contributed by atoms with Crippen molar-refractivity contribution in [2.45, 2.75) is 11.8 Å². The fourth-order valence-electron chi connectivity index (χ4n) is 3.27. The van der Waals surface area contributed by atoms with Crippen LogP contribution in [-0.2, 0) is 10.0 Å². The Morgan fingerprint density at radius 2 is 1.76 bits per heavy atom. The number of amides is 1. The summed E-state index contributed by atoms with van der Waals surface area (Å²) in [6.45, 7) is 2.39. The van der Waals surface area contributed by atoms with E-state index >= 15 is 0 Å². The monoisotopic (exact) mass is 420 g/mol. The summed E-state index contributed by atoms with van der Waals surface area (Å²) in [5.41, 5.74) is 1.97. The predicted molar refractivity (Wildman–Crippen MR) is 101 cm³/mol. The molecule has 1 aromatic carbocycles. The minimum absolute atomic E-state index is 0.0551. The van der Waals surface area contributed by atoms with E-state index < -0.39 is 21.7 Å². The lowest BCUT2D eigenvalue weighted by Gasteiger charge is -2.33. The van der Waals surface area contributed by atoms with Gasteiger partial charge >= 0.3 is 0 Å². The number of rotatable bonds is 3. The van der Waals surface area contributed by atoms with Crippen LogP contribution in [0.15, 0.2) is 47.6 Å². The Labute approximate surface area is 166 Å². The first-order valence-corrected chi connectivity index (χ1v) is 10.4. The third kappa shape index (κ3) is 3.60. The van der Waals surface area contributed by atoms with E-state index in [4.69, 9.17) is 0 Å². The highest BCUT2D eigenvalue weighted by Crippen LogP contribution is 2.20. The first-order chi connectivity index (χ1) is 13.8. The molecule has 2 aromatic heterocycles. The molecule has 1 aliphatic rings. The summed E-state index contributed by atoms with van der Waals surface area (Å²) in [7, 11) is -3.97. The second kappa shape index (κ2) is 7.20. The van der Waals surface area contributed by atoms with Gasteiger partial charge in [0, 0.05) is 38.6 Å². The first-order valence-electron chi connectivity index (χ1n) is 8.95. The van der Waals surface area contributed by atoms with Crippen LogP contribution in [0.5, 0.6) is 0 Å². The number of pyridine rings is 1. The van der Waals surface area contributed by atoms with Crippen LogP contribution in [0, 0.1) is 18.6 Å². The van der Waals surface area contributed by atoms with Gasteiger partial charge in [0.05, 0.1) is 4.90 Å².